The SMILES string of the molecule is CC(C)(CCc1cn2ncc([C@@H](COC3CC3)N3CC(F)(F)CNC3=O)cc2n1)C(F)(F)F. The Bertz CT molecular complexity index is 1020. The number of alkyl halides is 5. The number of hydrogen-bond acceptors (Lipinski definition) is 4. The van der Waals surface area contributed by atoms with E-state index >= 15 is 0 Å². The van der Waals surface area contributed by atoms with E-state index in [9.17, 15) is 26.7 Å². The summed E-state index contributed by atoms with van der Waals surface area (Å²) < 4.78 is 74.6. The maximum absolute atomic E-state index is 14.0. The van der Waals surface area contributed by atoms with Gasteiger partial charge in [-0.25, -0.2) is 23.1 Å². The zero-order chi connectivity index (χ0) is 24.0. The molecule has 1 aliphatic carbocycles. The van der Waals surface area contributed by atoms with Gasteiger partial charge in [0.2, 0.25) is 0 Å². The van der Waals surface area contributed by atoms with E-state index in [0.29, 0.717) is 16.9 Å². The first-order chi connectivity index (χ1) is 15.3. The van der Waals surface area contributed by atoms with Crippen LogP contribution in [-0.4, -0.2) is 63.4 Å². The predicted octanol–water partition coefficient (Wildman–Crippen LogP) is 4.13. The van der Waals surface area contributed by atoms with Crippen LogP contribution in [-0.2, 0) is 11.2 Å². The van der Waals surface area contributed by atoms with E-state index in [4.69, 9.17) is 4.74 Å². The second-order valence-corrected chi connectivity index (χ2v) is 9.40. The van der Waals surface area contributed by atoms with Crippen LogP contribution in [0, 0.1) is 5.41 Å². The molecule has 7 nitrogen and oxygen atoms in total. The Morgan fingerprint density at radius 1 is 1.30 bits per heavy atom. The molecule has 0 spiro atoms. The maximum Gasteiger partial charge on any atom is 0.393 e. The van der Waals surface area contributed by atoms with Gasteiger partial charge in [-0.05, 0) is 31.7 Å². The third kappa shape index (κ3) is 5.36. The van der Waals surface area contributed by atoms with Crippen molar-refractivity contribution in [1.29, 1.82) is 0 Å². The van der Waals surface area contributed by atoms with Crippen LogP contribution in [0.3, 0.4) is 0 Å². The highest BCUT2D eigenvalue weighted by Crippen LogP contribution is 2.41. The van der Waals surface area contributed by atoms with Crippen molar-refractivity contribution in [2.24, 2.45) is 5.41 Å². The van der Waals surface area contributed by atoms with Crippen LogP contribution in [0.25, 0.3) is 5.65 Å². The Hall–Kier alpha value is -2.50. The lowest BCUT2D eigenvalue weighted by atomic mass is 9.86. The molecular weight excluding hydrogens is 449 g/mol. The maximum atomic E-state index is 14.0. The van der Waals surface area contributed by atoms with E-state index in [1.165, 1.54) is 10.7 Å². The van der Waals surface area contributed by atoms with Gasteiger partial charge >= 0.3 is 12.2 Å². The number of carbonyl (C=O) groups excluding carboxylic acids is 1. The molecule has 1 saturated heterocycles. The van der Waals surface area contributed by atoms with Crippen LogP contribution in [0.2, 0.25) is 0 Å². The molecular formula is C21H26F5N5O2. The number of aryl methyl sites for hydroxylation is 1. The molecule has 12 heteroatoms. The normalized spacial score (nSPS) is 20.2. The number of imidazole rings is 1. The third-order valence-corrected chi connectivity index (χ3v) is 6.10. The van der Waals surface area contributed by atoms with E-state index < -0.39 is 42.7 Å². The van der Waals surface area contributed by atoms with Gasteiger partial charge in [0.15, 0.2) is 5.65 Å². The molecule has 0 bridgehead atoms. The van der Waals surface area contributed by atoms with Crippen molar-refractivity contribution in [3.05, 3.63) is 29.7 Å². The summed E-state index contributed by atoms with van der Waals surface area (Å²) >= 11 is 0. The first-order valence-corrected chi connectivity index (χ1v) is 10.8. The average Bonchev–Trinajstić information content (AvgIpc) is 3.45. The first kappa shape index (κ1) is 23.7. The fourth-order valence-electron chi connectivity index (χ4n) is 3.59. The van der Waals surface area contributed by atoms with E-state index in [1.54, 1.807) is 12.3 Å². The van der Waals surface area contributed by atoms with Gasteiger partial charge in [-0.1, -0.05) is 13.8 Å². The quantitative estimate of drug-likeness (QED) is 0.583. The number of urea groups is 1. The van der Waals surface area contributed by atoms with Gasteiger partial charge in [0.05, 0.1) is 55.3 Å². The third-order valence-electron chi connectivity index (χ3n) is 6.10. The molecule has 1 N–H and O–H groups in total. The summed E-state index contributed by atoms with van der Waals surface area (Å²) in [6.07, 6.45) is 0.418. The van der Waals surface area contributed by atoms with Crippen LogP contribution >= 0.6 is 0 Å². The summed E-state index contributed by atoms with van der Waals surface area (Å²) in [7, 11) is 0. The number of nitrogens with zero attached hydrogens (tertiary/aromatic N) is 4. The zero-order valence-electron chi connectivity index (χ0n) is 18.3. The number of hydrogen-bond donors (Lipinski definition) is 1. The second kappa shape index (κ2) is 8.37. The number of aromatic nitrogens is 3. The Balaban J connectivity index is 1.56. The highest BCUT2D eigenvalue weighted by molar-refractivity contribution is 5.76. The number of ether oxygens (including phenoxy) is 1. The van der Waals surface area contributed by atoms with E-state index in [1.807, 2.05) is 0 Å². The molecule has 2 aliphatic rings. The summed E-state index contributed by atoms with van der Waals surface area (Å²) in [6.45, 7) is 0.827. The van der Waals surface area contributed by atoms with Crippen molar-refractivity contribution in [2.45, 2.75) is 63.8 Å². The molecule has 2 aromatic rings. The molecule has 0 aromatic carbocycles. The van der Waals surface area contributed by atoms with Crippen LogP contribution in [0.5, 0.6) is 0 Å². The molecule has 1 aliphatic heterocycles. The van der Waals surface area contributed by atoms with E-state index in [-0.39, 0.29) is 25.6 Å². The summed E-state index contributed by atoms with van der Waals surface area (Å²) in [5, 5.41) is 6.45. The van der Waals surface area contributed by atoms with Crippen molar-refractivity contribution < 1.29 is 31.5 Å². The molecule has 4 rings (SSSR count). The number of rotatable bonds is 8. The summed E-state index contributed by atoms with van der Waals surface area (Å²) in [5.41, 5.74) is -0.610. The molecule has 0 radical (unpaired) electrons. The zero-order valence-corrected chi connectivity index (χ0v) is 18.3. The first-order valence-electron chi connectivity index (χ1n) is 10.8. The topological polar surface area (TPSA) is 71.8 Å². The lowest BCUT2D eigenvalue weighted by Crippen LogP contribution is -2.58. The van der Waals surface area contributed by atoms with Crippen molar-refractivity contribution in [3.63, 3.8) is 0 Å². The fraction of sp³-hybridized carbons (Fsp3) is 0.667. The summed E-state index contributed by atoms with van der Waals surface area (Å²) in [6, 6.07) is 0.175. The second-order valence-electron chi connectivity index (χ2n) is 9.40. The Morgan fingerprint density at radius 2 is 2.03 bits per heavy atom. The van der Waals surface area contributed by atoms with Crippen molar-refractivity contribution in [3.8, 4) is 0 Å². The lowest BCUT2D eigenvalue weighted by molar-refractivity contribution is -0.213. The van der Waals surface area contributed by atoms with E-state index in [2.05, 4.69) is 15.4 Å². The van der Waals surface area contributed by atoms with Gasteiger partial charge in [-0.3, -0.25) is 0 Å². The summed E-state index contributed by atoms with van der Waals surface area (Å²) in [4.78, 5) is 17.8. The number of nitrogens with one attached hydrogen (secondary N) is 1. The van der Waals surface area contributed by atoms with Crippen LogP contribution in [0.15, 0.2) is 18.5 Å². The average molecular weight is 475 g/mol. The van der Waals surface area contributed by atoms with Crippen LogP contribution in [0.1, 0.15) is 50.4 Å². The molecule has 182 valence electrons. The minimum atomic E-state index is -4.33. The number of carbonyl (C=O) groups is 1. The van der Waals surface area contributed by atoms with Gasteiger partial charge < -0.3 is 15.0 Å². The van der Waals surface area contributed by atoms with Crippen molar-refractivity contribution in [2.75, 3.05) is 19.7 Å². The fourth-order valence-corrected chi connectivity index (χ4v) is 3.59. The van der Waals surface area contributed by atoms with Gasteiger partial charge in [-0.2, -0.15) is 18.3 Å². The molecule has 1 atom stereocenters. The van der Waals surface area contributed by atoms with E-state index in [0.717, 1.165) is 31.6 Å². The number of fused-ring (bicyclic) bond motifs is 1. The smallest absolute Gasteiger partial charge is 0.376 e. The van der Waals surface area contributed by atoms with Gasteiger partial charge in [0.1, 0.15) is 0 Å². The Kier molecular flexibility index (Phi) is 6.00. The van der Waals surface area contributed by atoms with Gasteiger partial charge in [0.25, 0.3) is 5.92 Å². The van der Waals surface area contributed by atoms with Crippen molar-refractivity contribution >= 4 is 11.7 Å². The molecule has 0 unspecified atom stereocenters. The largest absolute Gasteiger partial charge is 0.393 e. The lowest BCUT2D eigenvalue weighted by Gasteiger charge is -2.38. The van der Waals surface area contributed by atoms with Crippen LogP contribution in [0.4, 0.5) is 26.7 Å². The molecule has 3 heterocycles. The predicted molar refractivity (Wildman–Crippen MR) is 108 cm³/mol. The van der Waals surface area contributed by atoms with Gasteiger partial charge in [0, 0.05) is 5.56 Å². The standard InChI is InChI=1S/C21H26F5N5O2/c1-19(2,21(24,25)26)6-5-14-9-31-17(29-14)7-13(8-28-31)16(10-33-15-3-4-15)30-12-20(22,23)11-27-18(30)32/h7-9,15-16H,3-6,10-12H2,1-2H3,(H,27,32)/t16-/m1/s1. The molecule has 33 heavy (non-hydrogen) atoms. The minimum Gasteiger partial charge on any atom is -0.376 e. The molecule has 2 amide bonds. The Morgan fingerprint density at radius 3 is 2.70 bits per heavy atom. The number of amides is 2. The summed E-state index contributed by atoms with van der Waals surface area (Å²) in [5.74, 6) is -3.09. The highest BCUT2D eigenvalue weighted by Gasteiger charge is 2.46. The van der Waals surface area contributed by atoms with Crippen LogP contribution < -0.4 is 5.32 Å². The molecule has 2 aromatic heterocycles. The monoisotopic (exact) mass is 475 g/mol. The highest BCUT2D eigenvalue weighted by atomic mass is 19.4. The Labute approximate surface area is 187 Å². The number of halogens is 5. The molecule has 1 saturated carbocycles. The van der Waals surface area contributed by atoms with Crippen molar-refractivity contribution in [1.82, 2.24) is 24.8 Å². The minimum absolute atomic E-state index is 0.0271. The molecule has 2 fully saturated rings. The van der Waals surface area contributed by atoms with Gasteiger partial charge in [-0.15, -0.1) is 0 Å².